The Balaban J connectivity index is 1.54. The van der Waals surface area contributed by atoms with E-state index in [1.165, 1.54) is 12.5 Å². The summed E-state index contributed by atoms with van der Waals surface area (Å²) in [6, 6.07) is 14.7. The number of benzene rings is 2. The zero-order valence-corrected chi connectivity index (χ0v) is 18.3. The first-order chi connectivity index (χ1) is 15.0. The predicted octanol–water partition coefficient (Wildman–Crippen LogP) is 4.28. The molecule has 0 spiro atoms. The molecule has 162 valence electrons. The second-order valence-corrected chi connectivity index (χ2v) is 7.82. The van der Waals surface area contributed by atoms with Crippen LogP contribution in [0.25, 0.3) is 6.08 Å². The number of methoxy groups -OCH3 is 1. The highest BCUT2D eigenvalue weighted by atomic mass is 32.1. The van der Waals surface area contributed by atoms with Crippen LogP contribution in [-0.2, 0) is 4.79 Å². The Labute approximate surface area is 188 Å². The Kier molecular flexibility index (Phi) is 8.18. The van der Waals surface area contributed by atoms with Crippen molar-refractivity contribution >= 4 is 40.9 Å². The third kappa shape index (κ3) is 6.93. The molecule has 0 aromatic heterocycles. The van der Waals surface area contributed by atoms with Crippen LogP contribution in [0.5, 0.6) is 5.75 Å². The maximum Gasteiger partial charge on any atom is 0.251 e. The van der Waals surface area contributed by atoms with Crippen molar-refractivity contribution in [2.24, 2.45) is 0 Å². The van der Waals surface area contributed by atoms with Gasteiger partial charge in [-0.3, -0.25) is 14.9 Å². The third-order valence-electron chi connectivity index (χ3n) is 5.11. The summed E-state index contributed by atoms with van der Waals surface area (Å²) in [6.07, 6.45) is 8.66. The fourth-order valence-electron chi connectivity index (χ4n) is 3.54. The molecule has 0 atom stereocenters. The van der Waals surface area contributed by atoms with Crippen LogP contribution >= 0.6 is 12.2 Å². The minimum Gasteiger partial charge on any atom is -0.496 e. The van der Waals surface area contributed by atoms with Gasteiger partial charge in [0.1, 0.15) is 5.75 Å². The minimum absolute atomic E-state index is 0.0924. The Bertz CT molecular complexity index is 968. The smallest absolute Gasteiger partial charge is 0.251 e. The van der Waals surface area contributed by atoms with E-state index in [0.29, 0.717) is 17.0 Å². The van der Waals surface area contributed by atoms with Gasteiger partial charge in [0.25, 0.3) is 5.91 Å². The molecular formula is C24H27N3O3S. The summed E-state index contributed by atoms with van der Waals surface area (Å²) in [5.41, 5.74) is 1.98. The standard InChI is InChI=1S/C24H27N3O3S/c1-30-21-13-6-5-8-17(21)14-15-22(28)27-24(31)26-20-12-7-9-18(16-20)23(29)25-19-10-3-2-4-11-19/h5-9,12-16,19H,2-4,10-11H2,1H3,(H,25,29)(H2,26,27,28,31)/b15-14+. The van der Waals surface area contributed by atoms with Crippen LogP contribution in [0.3, 0.4) is 0 Å². The van der Waals surface area contributed by atoms with E-state index in [-0.39, 0.29) is 23.0 Å². The number of hydrogen-bond acceptors (Lipinski definition) is 4. The maximum atomic E-state index is 12.5. The normalized spacial score (nSPS) is 14.1. The van der Waals surface area contributed by atoms with E-state index in [1.54, 1.807) is 37.5 Å². The van der Waals surface area contributed by atoms with Crippen molar-refractivity contribution in [2.75, 3.05) is 12.4 Å². The van der Waals surface area contributed by atoms with Crippen LogP contribution in [0.4, 0.5) is 5.69 Å². The molecule has 1 saturated carbocycles. The molecule has 0 aliphatic heterocycles. The number of rotatable bonds is 6. The first-order valence-corrected chi connectivity index (χ1v) is 10.8. The quantitative estimate of drug-likeness (QED) is 0.464. The molecule has 0 unspecified atom stereocenters. The number of thiocarbonyl (C=S) groups is 1. The van der Waals surface area contributed by atoms with Crippen LogP contribution in [0.15, 0.2) is 54.6 Å². The van der Waals surface area contributed by atoms with Gasteiger partial charge in [0.15, 0.2) is 5.11 Å². The van der Waals surface area contributed by atoms with E-state index in [1.807, 2.05) is 24.3 Å². The summed E-state index contributed by atoms with van der Waals surface area (Å²) in [5.74, 6) is 0.218. The Morgan fingerprint density at radius 3 is 2.61 bits per heavy atom. The summed E-state index contributed by atoms with van der Waals surface area (Å²) < 4.78 is 5.26. The van der Waals surface area contributed by atoms with Crippen LogP contribution in [0.1, 0.15) is 48.0 Å². The molecule has 1 aliphatic carbocycles. The molecule has 3 rings (SSSR count). The van der Waals surface area contributed by atoms with Gasteiger partial charge in [0, 0.05) is 28.9 Å². The lowest BCUT2D eigenvalue weighted by molar-refractivity contribution is -0.115. The number of anilines is 1. The molecule has 2 amide bonds. The molecule has 7 heteroatoms. The van der Waals surface area contributed by atoms with Gasteiger partial charge in [0.05, 0.1) is 7.11 Å². The van der Waals surface area contributed by atoms with Gasteiger partial charge in [-0.05, 0) is 55.4 Å². The van der Waals surface area contributed by atoms with Gasteiger partial charge < -0.3 is 15.4 Å². The van der Waals surface area contributed by atoms with Crippen LogP contribution in [-0.4, -0.2) is 30.1 Å². The maximum absolute atomic E-state index is 12.5. The Morgan fingerprint density at radius 2 is 1.84 bits per heavy atom. The molecule has 1 aliphatic rings. The van der Waals surface area contributed by atoms with Gasteiger partial charge in [-0.1, -0.05) is 43.5 Å². The fourth-order valence-corrected chi connectivity index (χ4v) is 3.76. The van der Waals surface area contributed by atoms with Crippen LogP contribution < -0.4 is 20.7 Å². The molecule has 2 aromatic rings. The number of para-hydroxylation sites is 1. The first-order valence-electron chi connectivity index (χ1n) is 10.4. The van der Waals surface area contributed by atoms with E-state index >= 15 is 0 Å². The third-order valence-corrected chi connectivity index (χ3v) is 5.32. The SMILES string of the molecule is COc1ccccc1/C=C/C(=O)NC(=S)Nc1cccc(C(=O)NC2CCCCC2)c1. The topological polar surface area (TPSA) is 79.5 Å². The van der Waals surface area contributed by atoms with Crippen molar-refractivity contribution in [1.82, 2.24) is 10.6 Å². The summed E-state index contributed by atoms with van der Waals surface area (Å²) in [6.45, 7) is 0. The van der Waals surface area contributed by atoms with Crippen molar-refractivity contribution in [1.29, 1.82) is 0 Å². The predicted molar refractivity (Wildman–Crippen MR) is 127 cm³/mol. The van der Waals surface area contributed by atoms with Crippen molar-refractivity contribution in [3.63, 3.8) is 0 Å². The minimum atomic E-state index is -0.366. The molecule has 31 heavy (non-hydrogen) atoms. The highest BCUT2D eigenvalue weighted by Crippen LogP contribution is 2.19. The van der Waals surface area contributed by atoms with Crippen molar-refractivity contribution in [3.05, 3.63) is 65.7 Å². The molecule has 0 radical (unpaired) electrons. The number of hydrogen-bond donors (Lipinski definition) is 3. The number of ether oxygens (including phenoxy) is 1. The summed E-state index contributed by atoms with van der Waals surface area (Å²) in [4.78, 5) is 24.7. The number of carbonyl (C=O) groups excluding carboxylic acids is 2. The zero-order valence-electron chi connectivity index (χ0n) is 17.5. The molecule has 0 heterocycles. The Morgan fingerprint density at radius 1 is 1.06 bits per heavy atom. The van der Waals surface area contributed by atoms with Crippen LogP contribution in [0, 0.1) is 0 Å². The first kappa shape index (κ1) is 22.5. The molecule has 0 saturated heterocycles. The molecular weight excluding hydrogens is 410 g/mol. The molecule has 0 bridgehead atoms. The average molecular weight is 438 g/mol. The van der Waals surface area contributed by atoms with Gasteiger partial charge in [-0.2, -0.15) is 0 Å². The summed E-state index contributed by atoms with van der Waals surface area (Å²) >= 11 is 5.23. The number of carbonyl (C=O) groups is 2. The second-order valence-electron chi connectivity index (χ2n) is 7.41. The van der Waals surface area contributed by atoms with E-state index in [0.717, 1.165) is 31.2 Å². The van der Waals surface area contributed by atoms with Crippen LogP contribution in [0.2, 0.25) is 0 Å². The van der Waals surface area contributed by atoms with E-state index in [2.05, 4.69) is 16.0 Å². The molecule has 3 N–H and O–H groups in total. The zero-order chi connectivity index (χ0) is 22.1. The van der Waals surface area contributed by atoms with Crippen molar-refractivity contribution in [2.45, 2.75) is 38.1 Å². The Hall–Kier alpha value is -3.19. The highest BCUT2D eigenvalue weighted by Gasteiger charge is 2.16. The van der Waals surface area contributed by atoms with Gasteiger partial charge in [-0.15, -0.1) is 0 Å². The fraction of sp³-hybridized carbons (Fsp3) is 0.292. The lowest BCUT2D eigenvalue weighted by Gasteiger charge is -2.22. The second kappa shape index (κ2) is 11.3. The van der Waals surface area contributed by atoms with Crippen molar-refractivity contribution in [3.8, 4) is 5.75 Å². The number of amides is 2. The van der Waals surface area contributed by atoms with Gasteiger partial charge in [0.2, 0.25) is 5.91 Å². The lowest BCUT2D eigenvalue weighted by atomic mass is 9.95. The average Bonchev–Trinajstić information content (AvgIpc) is 2.78. The van der Waals surface area contributed by atoms with E-state index < -0.39 is 0 Å². The summed E-state index contributed by atoms with van der Waals surface area (Å²) in [5, 5.41) is 8.81. The highest BCUT2D eigenvalue weighted by molar-refractivity contribution is 7.80. The van der Waals surface area contributed by atoms with E-state index in [4.69, 9.17) is 17.0 Å². The van der Waals surface area contributed by atoms with Gasteiger partial charge >= 0.3 is 0 Å². The molecule has 1 fully saturated rings. The molecule has 2 aromatic carbocycles. The lowest BCUT2D eigenvalue weighted by Crippen LogP contribution is -2.36. The molecule has 6 nitrogen and oxygen atoms in total. The number of nitrogens with one attached hydrogen (secondary N) is 3. The van der Waals surface area contributed by atoms with Gasteiger partial charge in [-0.25, -0.2) is 0 Å². The monoisotopic (exact) mass is 437 g/mol. The summed E-state index contributed by atoms with van der Waals surface area (Å²) in [7, 11) is 1.58. The largest absolute Gasteiger partial charge is 0.496 e. The van der Waals surface area contributed by atoms with E-state index in [9.17, 15) is 9.59 Å². The van der Waals surface area contributed by atoms with Crippen molar-refractivity contribution < 1.29 is 14.3 Å².